The van der Waals surface area contributed by atoms with Gasteiger partial charge in [0.05, 0.1) is 17.4 Å². The number of aryl methyl sites for hydroxylation is 2. The van der Waals surface area contributed by atoms with Gasteiger partial charge in [-0.15, -0.1) is 0 Å². The standard InChI is InChI=1S/C15H15N3O3/c1-9-5-12(8-16-7-9)17-15(21)18-13-4-3-11(14(19)20)6-10(13)2/h3-8H,1-2H3,(H,19,20)(H2,17,18,21). The van der Waals surface area contributed by atoms with Gasteiger partial charge in [0, 0.05) is 11.9 Å². The lowest BCUT2D eigenvalue weighted by Gasteiger charge is -2.10. The van der Waals surface area contributed by atoms with Gasteiger partial charge in [0.1, 0.15) is 0 Å². The highest BCUT2D eigenvalue weighted by atomic mass is 16.4. The largest absolute Gasteiger partial charge is 0.478 e. The van der Waals surface area contributed by atoms with Crippen LogP contribution in [0.1, 0.15) is 21.5 Å². The number of aromatic nitrogens is 1. The summed E-state index contributed by atoms with van der Waals surface area (Å²) in [4.78, 5) is 26.7. The van der Waals surface area contributed by atoms with Gasteiger partial charge in [-0.2, -0.15) is 0 Å². The van der Waals surface area contributed by atoms with E-state index >= 15 is 0 Å². The van der Waals surface area contributed by atoms with Crippen LogP contribution in [0.15, 0.2) is 36.7 Å². The fourth-order valence-electron chi connectivity index (χ4n) is 1.84. The number of carboxylic acid groups (broad SMARTS) is 1. The van der Waals surface area contributed by atoms with Crippen molar-refractivity contribution in [2.24, 2.45) is 0 Å². The normalized spacial score (nSPS) is 10.0. The zero-order chi connectivity index (χ0) is 15.4. The first-order chi connectivity index (χ1) is 9.95. The highest BCUT2D eigenvalue weighted by Crippen LogP contribution is 2.17. The molecule has 0 radical (unpaired) electrons. The molecule has 21 heavy (non-hydrogen) atoms. The van der Waals surface area contributed by atoms with Crippen molar-refractivity contribution in [3.05, 3.63) is 53.3 Å². The third-order valence-corrected chi connectivity index (χ3v) is 2.85. The van der Waals surface area contributed by atoms with Crippen LogP contribution < -0.4 is 10.6 Å². The highest BCUT2D eigenvalue weighted by Gasteiger charge is 2.08. The quantitative estimate of drug-likeness (QED) is 0.808. The first-order valence-electron chi connectivity index (χ1n) is 6.29. The average Bonchev–Trinajstić information content (AvgIpc) is 2.40. The van der Waals surface area contributed by atoms with Gasteiger partial charge in [0.15, 0.2) is 0 Å². The van der Waals surface area contributed by atoms with E-state index in [1.807, 2.05) is 6.92 Å². The number of carbonyl (C=O) groups is 2. The molecular weight excluding hydrogens is 270 g/mol. The number of aromatic carboxylic acids is 1. The number of rotatable bonds is 3. The Morgan fingerprint density at radius 3 is 2.48 bits per heavy atom. The van der Waals surface area contributed by atoms with Crippen LogP contribution in [0.2, 0.25) is 0 Å². The number of nitrogens with one attached hydrogen (secondary N) is 2. The number of benzene rings is 1. The third-order valence-electron chi connectivity index (χ3n) is 2.85. The number of amides is 2. The zero-order valence-electron chi connectivity index (χ0n) is 11.7. The second-order valence-corrected chi connectivity index (χ2v) is 4.66. The highest BCUT2D eigenvalue weighted by molar-refractivity contribution is 6.00. The van der Waals surface area contributed by atoms with Gasteiger partial charge in [-0.25, -0.2) is 9.59 Å². The van der Waals surface area contributed by atoms with E-state index in [0.717, 1.165) is 5.56 Å². The summed E-state index contributed by atoms with van der Waals surface area (Å²) in [6, 6.07) is 5.90. The molecule has 0 saturated carbocycles. The van der Waals surface area contributed by atoms with Crippen LogP contribution in [0.25, 0.3) is 0 Å². The molecule has 6 heteroatoms. The number of pyridine rings is 1. The Kier molecular flexibility index (Phi) is 4.18. The number of hydrogen-bond donors (Lipinski definition) is 3. The van der Waals surface area contributed by atoms with Gasteiger partial charge < -0.3 is 15.7 Å². The van der Waals surface area contributed by atoms with E-state index < -0.39 is 12.0 Å². The zero-order valence-corrected chi connectivity index (χ0v) is 11.7. The maximum Gasteiger partial charge on any atom is 0.335 e. The maximum absolute atomic E-state index is 11.9. The summed E-state index contributed by atoms with van der Waals surface area (Å²) in [5.74, 6) is -1.00. The molecule has 3 N–H and O–H groups in total. The third kappa shape index (κ3) is 3.79. The van der Waals surface area contributed by atoms with Gasteiger partial charge in [-0.05, 0) is 49.2 Å². The summed E-state index contributed by atoms with van der Waals surface area (Å²) in [7, 11) is 0. The van der Waals surface area contributed by atoms with Crippen LogP contribution in [0.5, 0.6) is 0 Å². The molecule has 1 heterocycles. The maximum atomic E-state index is 11.9. The summed E-state index contributed by atoms with van der Waals surface area (Å²) in [5, 5.41) is 14.2. The van der Waals surface area contributed by atoms with Crippen LogP contribution in [-0.4, -0.2) is 22.1 Å². The lowest BCUT2D eigenvalue weighted by molar-refractivity contribution is 0.0697. The number of hydrogen-bond acceptors (Lipinski definition) is 3. The van der Waals surface area contributed by atoms with Crippen molar-refractivity contribution >= 4 is 23.4 Å². The number of anilines is 2. The van der Waals surface area contributed by atoms with E-state index in [4.69, 9.17) is 5.11 Å². The van der Waals surface area contributed by atoms with Crippen molar-refractivity contribution in [1.82, 2.24) is 4.98 Å². The van der Waals surface area contributed by atoms with Crippen LogP contribution in [0.4, 0.5) is 16.2 Å². The van der Waals surface area contributed by atoms with E-state index in [2.05, 4.69) is 15.6 Å². The van der Waals surface area contributed by atoms with Gasteiger partial charge in [-0.3, -0.25) is 4.98 Å². The van der Waals surface area contributed by atoms with E-state index in [9.17, 15) is 9.59 Å². The summed E-state index contributed by atoms with van der Waals surface area (Å²) in [6.45, 7) is 3.61. The van der Waals surface area contributed by atoms with Crippen LogP contribution >= 0.6 is 0 Å². The average molecular weight is 285 g/mol. The Balaban J connectivity index is 2.08. The van der Waals surface area contributed by atoms with Crippen molar-refractivity contribution in [3.63, 3.8) is 0 Å². The predicted molar refractivity (Wildman–Crippen MR) is 79.8 cm³/mol. The summed E-state index contributed by atoms with van der Waals surface area (Å²) in [6.07, 6.45) is 3.24. The lowest BCUT2D eigenvalue weighted by atomic mass is 10.1. The van der Waals surface area contributed by atoms with Crippen molar-refractivity contribution in [2.45, 2.75) is 13.8 Å². The molecule has 0 spiro atoms. The fourth-order valence-corrected chi connectivity index (χ4v) is 1.84. The molecule has 1 aromatic heterocycles. The predicted octanol–water partition coefficient (Wildman–Crippen LogP) is 3.04. The Labute approximate surface area is 121 Å². The van der Waals surface area contributed by atoms with Crippen molar-refractivity contribution in [3.8, 4) is 0 Å². The molecule has 0 unspecified atom stereocenters. The summed E-state index contributed by atoms with van der Waals surface area (Å²) >= 11 is 0. The summed E-state index contributed by atoms with van der Waals surface area (Å²) in [5.41, 5.74) is 2.94. The van der Waals surface area contributed by atoms with Gasteiger partial charge in [0.2, 0.25) is 0 Å². The Morgan fingerprint density at radius 2 is 1.86 bits per heavy atom. The van der Waals surface area contributed by atoms with Crippen LogP contribution in [0, 0.1) is 13.8 Å². The number of nitrogens with zero attached hydrogens (tertiary/aromatic N) is 1. The lowest BCUT2D eigenvalue weighted by Crippen LogP contribution is -2.20. The monoisotopic (exact) mass is 285 g/mol. The molecule has 2 aromatic rings. The molecule has 0 aliphatic carbocycles. The van der Waals surface area contributed by atoms with E-state index in [1.165, 1.54) is 12.1 Å². The molecule has 108 valence electrons. The minimum Gasteiger partial charge on any atom is -0.478 e. The number of carbonyl (C=O) groups excluding carboxylic acids is 1. The molecule has 0 saturated heterocycles. The molecule has 6 nitrogen and oxygen atoms in total. The van der Waals surface area contributed by atoms with E-state index in [0.29, 0.717) is 16.9 Å². The molecular formula is C15H15N3O3. The first-order valence-corrected chi connectivity index (χ1v) is 6.29. The SMILES string of the molecule is Cc1cncc(NC(=O)Nc2ccc(C(=O)O)cc2C)c1. The Bertz CT molecular complexity index is 698. The van der Waals surface area contributed by atoms with Gasteiger partial charge in [0.25, 0.3) is 0 Å². The minimum atomic E-state index is -1.00. The van der Waals surface area contributed by atoms with Crippen LogP contribution in [0.3, 0.4) is 0 Å². The minimum absolute atomic E-state index is 0.182. The molecule has 0 aliphatic heterocycles. The molecule has 0 bridgehead atoms. The molecule has 2 rings (SSSR count). The van der Waals surface area contributed by atoms with Crippen molar-refractivity contribution in [1.29, 1.82) is 0 Å². The first kappa shape index (κ1) is 14.5. The Morgan fingerprint density at radius 1 is 1.10 bits per heavy atom. The topological polar surface area (TPSA) is 91.3 Å². The fraction of sp³-hybridized carbons (Fsp3) is 0.133. The van der Waals surface area contributed by atoms with E-state index in [1.54, 1.807) is 31.5 Å². The van der Waals surface area contributed by atoms with Crippen molar-refractivity contribution < 1.29 is 14.7 Å². The van der Waals surface area contributed by atoms with Crippen molar-refractivity contribution in [2.75, 3.05) is 10.6 Å². The van der Waals surface area contributed by atoms with Gasteiger partial charge in [-0.1, -0.05) is 0 Å². The van der Waals surface area contributed by atoms with E-state index in [-0.39, 0.29) is 5.56 Å². The molecule has 0 atom stereocenters. The number of urea groups is 1. The molecule has 0 fully saturated rings. The smallest absolute Gasteiger partial charge is 0.335 e. The number of carboxylic acids is 1. The molecule has 1 aromatic carbocycles. The Hall–Kier alpha value is -2.89. The summed E-state index contributed by atoms with van der Waals surface area (Å²) < 4.78 is 0. The van der Waals surface area contributed by atoms with Gasteiger partial charge >= 0.3 is 12.0 Å². The second-order valence-electron chi connectivity index (χ2n) is 4.66. The second kappa shape index (κ2) is 6.04. The van der Waals surface area contributed by atoms with Crippen LogP contribution in [-0.2, 0) is 0 Å². The molecule has 0 aliphatic rings. The molecule has 2 amide bonds.